The molecule has 4 heteroatoms. The van der Waals surface area contributed by atoms with Crippen molar-refractivity contribution < 1.29 is 4.74 Å². The van der Waals surface area contributed by atoms with E-state index in [1.165, 1.54) is 25.0 Å². The Balaban J connectivity index is 1.94. The van der Waals surface area contributed by atoms with E-state index >= 15 is 0 Å². The van der Waals surface area contributed by atoms with Crippen molar-refractivity contribution in [2.45, 2.75) is 50.0 Å². The van der Waals surface area contributed by atoms with Gasteiger partial charge in [0.15, 0.2) is 0 Å². The molecule has 0 saturated carbocycles. The number of rotatable bonds is 4. The van der Waals surface area contributed by atoms with E-state index in [0.717, 1.165) is 26.2 Å². The van der Waals surface area contributed by atoms with E-state index in [4.69, 9.17) is 10.5 Å². The molecule has 0 bridgehead atoms. The summed E-state index contributed by atoms with van der Waals surface area (Å²) in [5.41, 5.74) is 6.36. The number of nitrogens with zero attached hydrogens (tertiary/aromatic N) is 1. The number of hydrogen-bond donors (Lipinski definition) is 1. The fourth-order valence-electron chi connectivity index (χ4n) is 3.29. The summed E-state index contributed by atoms with van der Waals surface area (Å²) in [6, 6.07) is 0. The molecule has 17 heavy (non-hydrogen) atoms. The monoisotopic (exact) mass is 258 g/mol. The Morgan fingerprint density at radius 3 is 2.59 bits per heavy atom. The molecule has 0 amide bonds. The molecular formula is C13H26N2OS. The van der Waals surface area contributed by atoms with Crippen LogP contribution < -0.4 is 5.73 Å². The maximum absolute atomic E-state index is 6.10. The van der Waals surface area contributed by atoms with E-state index in [9.17, 15) is 0 Å². The first-order valence-corrected chi connectivity index (χ1v) is 7.96. The Kier molecular flexibility index (Phi) is 4.75. The summed E-state index contributed by atoms with van der Waals surface area (Å²) in [6.45, 7) is 8.40. The number of likely N-dealkylation sites (tertiary alicyclic amines) is 1. The SMILES string of the molecule is CCOC1CCN(C2(CN)CCSC2C)CC1. The van der Waals surface area contributed by atoms with E-state index in [1.54, 1.807) is 0 Å². The lowest BCUT2D eigenvalue weighted by atomic mass is 9.88. The number of nitrogens with two attached hydrogens (primary N) is 1. The molecule has 2 fully saturated rings. The van der Waals surface area contributed by atoms with Crippen LogP contribution in [-0.2, 0) is 4.74 Å². The highest BCUT2D eigenvalue weighted by Gasteiger charge is 2.45. The van der Waals surface area contributed by atoms with E-state index in [-0.39, 0.29) is 5.54 Å². The maximum Gasteiger partial charge on any atom is 0.0599 e. The normalized spacial score (nSPS) is 36.5. The zero-order chi connectivity index (χ0) is 12.3. The average Bonchev–Trinajstić information content (AvgIpc) is 2.73. The van der Waals surface area contributed by atoms with Crippen molar-refractivity contribution in [2.75, 3.05) is 32.0 Å². The molecule has 0 aromatic rings. The van der Waals surface area contributed by atoms with E-state index in [0.29, 0.717) is 11.4 Å². The minimum Gasteiger partial charge on any atom is -0.378 e. The summed E-state index contributed by atoms with van der Waals surface area (Å²) >= 11 is 2.08. The van der Waals surface area contributed by atoms with Gasteiger partial charge in [-0.25, -0.2) is 0 Å². The largest absolute Gasteiger partial charge is 0.378 e. The third-order valence-corrected chi connectivity index (χ3v) is 5.87. The molecule has 2 aliphatic rings. The van der Waals surface area contributed by atoms with Gasteiger partial charge in [0, 0.05) is 37.0 Å². The lowest BCUT2D eigenvalue weighted by Gasteiger charge is -2.46. The van der Waals surface area contributed by atoms with Gasteiger partial charge in [-0.05, 0) is 31.9 Å². The molecule has 2 unspecified atom stereocenters. The maximum atomic E-state index is 6.10. The minimum atomic E-state index is 0.266. The third kappa shape index (κ3) is 2.65. The van der Waals surface area contributed by atoms with Crippen molar-refractivity contribution in [3.63, 3.8) is 0 Å². The van der Waals surface area contributed by atoms with Gasteiger partial charge in [-0.2, -0.15) is 11.8 Å². The second kappa shape index (κ2) is 5.91. The average molecular weight is 258 g/mol. The van der Waals surface area contributed by atoms with Gasteiger partial charge < -0.3 is 10.5 Å². The molecule has 2 saturated heterocycles. The highest BCUT2D eigenvalue weighted by Crippen LogP contribution is 2.40. The Labute approximate surface area is 109 Å². The van der Waals surface area contributed by atoms with Crippen molar-refractivity contribution in [3.8, 4) is 0 Å². The van der Waals surface area contributed by atoms with Gasteiger partial charge in [0.25, 0.3) is 0 Å². The molecule has 0 radical (unpaired) electrons. The van der Waals surface area contributed by atoms with Gasteiger partial charge >= 0.3 is 0 Å². The smallest absolute Gasteiger partial charge is 0.0599 e. The molecular weight excluding hydrogens is 232 g/mol. The second-order valence-electron chi connectivity index (χ2n) is 5.21. The zero-order valence-corrected chi connectivity index (χ0v) is 12.0. The van der Waals surface area contributed by atoms with Crippen molar-refractivity contribution in [3.05, 3.63) is 0 Å². The molecule has 2 heterocycles. The number of hydrogen-bond acceptors (Lipinski definition) is 4. The first kappa shape index (κ1) is 13.7. The highest BCUT2D eigenvalue weighted by atomic mass is 32.2. The molecule has 100 valence electrons. The molecule has 2 atom stereocenters. The molecule has 3 nitrogen and oxygen atoms in total. The van der Waals surface area contributed by atoms with E-state index < -0.39 is 0 Å². The van der Waals surface area contributed by atoms with Crippen molar-refractivity contribution in [1.29, 1.82) is 0 Å². The van der Waals surface area contributed by atoms with Gasteiger partial charge in [-0.3, -0.25) is 4.90 Å². The summed E-state index contributed by atoms with van der Waals surface area (Å²) in [5, 5.41) is 0.677. The predicted molar refractivity (Wildman–Crippen MR) is 74.5 cm³/mol. The minimum absolute atomic E-state index is 0.266. The van der Waals surface area contributed by atoms with Crippen molar-refractivity contribution in [1.82, 2.24) is 4.90 Å². The van der Waals surface area contributed by atoms with Gasteiger partial charge in [-0.15, -0.1) is 0 Å². The summed E-state index contributed by atoms with van der Waals surface area (Å²) in [5.74, 6) is 1.27. The quantitative estimate of drug-likeness (QED) is 0.833. The van der Waals surface area contributed by atoms with Crippen LogP contribution in [0.3, 0.4) is 0 Å². The van der Waals surface area contributed by atoms with Crippen LogP contribution in [0.2, 0.25) is 0 Å². The van der Waals surface area contributed by atoms with E-state index in [1.807, 2.05) is 0 Å². The number of ether oxygens (including phenoxy) is 1. The lowest BCUT2D eigenvalue weighted by Crippen LogP contribution is -2.60. The Morgan fingerprint density at radius 2 is 2.12 bits per heavy atom. The fraction of sp³-hybridized carbons (Fsp3) is 1.00. The lowest BCUT2D eigenvalue weighted by molar-refractivity contribution is -0.0170. The van der Waals surface area contributed by atoms with Crippen LogP contribution in [0.4, 0.5) is 0 Å². The second-order valence-corrected chi connectivity index (χ2v) is 6.66. The van der Waals surface area contributed by atoms with Crippen LogP contribution in [-0.4, -0.2) is 53.8 Å². The highest BCUT2D eigenvalue weighted by molar-refractivity contribution is 8.00. The fourth-order valence-corrected chi connectivity index (χ4v) is 4.78. The zero-order valence-electron chi connectivity index (χ0n) is 11.2. The van der Waals surface area contributed by atoms with Gasteiger partial charge in [-0.1, -0.05) is 6.92 Å². The molecule has 0 aromatic carbocycles. The number of thioether (sulfide) groups is 1. The topological polar surface area (TPSA) is 38.5 Å². The van der Waals surface area contributed by atoms with Gasteiger partial charge in [0.2, 0.25) is 0 Å². The van der Waals surface area contributed by atoms with Crippen LogP contribution in [0.25, 0.3) is 0 Å². The molecule has 2 rings (SSSR count). The molecule has 0 aromatic heterocycles. The van der Waals surface area contributed by atoms with Crippen LogP contribution in [0.15, 0.2) is 0 Å². The summed E-state index contributed by atoms with van der Waals surface area (Å²) in [7, 11) is 0. The van der Waals surface area contributed by atoms with Crippen LogP contribution in [0.1, 0.15) is 33.1 Å². The van der Waals surface area contributed by atoms with Gasteiger partial charge in [0.05, 0.1) is 6.10 Å². The van der Waals surface area contributed by atoms with Crippen molar-refractivity contribution >= 4 is 11.8 Å². The Hall–Kier alpha value is 0.230. The summed E-state index contributed by atoms with van der Waals surface area (Å²) < 4.78 is 5.72. The molecule has 2 N–H and O–H groups in total. The Morgan fingerprint density at radius 1 is 1.41 bits per heavy atom. The predicted octanol–water partition coefficient (Wildman–Crippen LogP) is 1.71. The van der Waals surface area contributed by atoms with Crippen LogP contribution in [0, 0.1) is 0 Å². The summed E-state index contributed by atoms with van der Waals surface area (Å²) in [6.07, 6.45) is 4.09. The van der Waals surface area contributed by atoms with Crippen LogP contribution >= 0.6 is 11.8 Å². The molecule has 2 aliphatic heterocycles. The van der Waals surface area contributed by atoms with E-state index in [2.05, 4.69) is 30.5 Å². The third-order valence-electron chi connectivity index (χ3n) is 4.49. The first-order chi connectivity index (χ1) is 8.23. The van der Waals surface area contributed by atoms with Crippen molar-refractivity contribution in [2.24, 2.45) is 5.73 Å². The standard InChI is InChI=1S/C13H26N2OS/c1-3-16-12-4-7-15(8-5-12)13(10-14)6-9-17-11(13)2/h11-12H,3-10,14H2,1-2H3. The van der Waals surface area contributed by atoms with Gasteiger partial charge in [0.1, 0.15) is 0 Å². The summed E-state index contributed by atoms with van der Waals surface area (Å²) in [4.78, 5) is 2.65. The first-order valence-electron chi connectivity index (χ1n) is 6.91. The number of piperidine rings is 1. The molecule has 0 aliphatic carbocycles. The molecule has 0 spiro atoms. The van der Waals surface area contributed by atoms with Crippen LogP contribution in [0.5, 0.6) is 0 Å². The Bertz CT molecular complexity index is 244.